The lowest BCUT2D eigenvalue weighted by Gasteiger charge is -2.15. The number of para-hydroxylation sites is 2. The van der Waals surface area contributed by atoms with Crippen LogP contribution in [0.25, 0.3) is 6.08 Å². The van der Waals surface area contributed by atoms with Gasteiger partial charge in [-0.1, -0.05) is 30.3 Å². The van der Waals surface area contributed by atoms with Crippen LogP contribution in [-0.2, 0) is 14.8 Å². The molecular formula is C18H20N2O4S. The van der Waals surface area contributed by atoms with E-state index in [9.17, 15) is 13.2 Å². The highest BCUT2D eigenvalue weighted by Crippen LogP contribution is 2.23. The number of methoxy groups -OCH3 is 1. The normalized spacial score (nSPS) is 11.7. The van der Waals surface area contributed by atoms with E-state index >= 15 is 0 Å². The van der Waals surface area contributed by atoms with Gasteiger partial charge in [0.1, 0.15) is 10.6 Å². The zero-order valence-electron chi connectivity index (χ0n) is 14.3. The maximum atomic E-state index is 12.3. The number of hydrogen-bond donors (Lipinski definition) is 1. The molecule has 0 aliphatic rings. The van der Waals surface area contributed by atoms with Gasteiger partial charge < -0.3 is 10.1 Å². The summed E-state index contributed by atoms with van der Waals surface area (Å²) in [6.07, 6.45) is 2.94. The number of ether oxygens (including phenoxy) is 1. The maximum Gasteiger partial charge on any atom is 0.248 e. The average Bonchev–Trinajstić information content (AvgIpc) is 2.60. The number of benzene rings is 2. The summed E-state index contributed by atoms with van der Waals surface area (Å²) in [6, 6.07) is 13.5. The molecule has 6 nitrogen and oxygen atoms in total. The van der Waals surface area contributed by atoms with E-state index in [1.165, 1.54) is 26.2 Å². The Morgan fingerprint density at radius 3 is 2.40 bits per heavy atom. The fraction of sp³-hybridized carbons (Fsp3) is 0.167. The number of carbonyl (C=O) groups excluding carboxylic acids is 1. The van der Waals surface area contributed by atoms with Crippen LogP contribution in [-0.4, -0.2) is 39.8 Å². The molecule has 0 atom stereocenters. The van der Waals surface area contributed by atoms with Crippen molar-refractivity contribution in [1.29, 1.82) is 0 Å². The standard InChI is InChI=1S/C18H20N2O4S/c1-20(2)25(22,23)17-11-7-5-9-15(17)19-18(21)13-12-14-8-4-6-10-16(14)24-3/h4-13H,1-3H3,(H,19,21)/b13-12+. The predicted molar refractivity (Wildman–Crippen MR) is 98.0 cm³/mol. The Hall–Kier alpha value is -2.64. The number of hydrogen-bond acceptors (Lipinski definition) is 4. The summed E-state index contributed by atoms with van der Waals surface area (Å²) in [4.78, 5) is 12.2. The summed E-state index contributed by atoms with van der Waals surface area (Å²) in [7, 11) is 0.774. The first-order chi connectivity index (χ1) is 11.9. The fourth-order valence-electron chi connectivity index (χ4n) is 2.14. The first-order valence-electron chi connectivity index (χ1n) is 7.50. The number of nitrogens with zero attached hydrogens (tertiary/aromatic N) is 1. The van der Waals surface area contributed by atoms with Crippen LogP contribution in [0.3, 0.4) is 0 Å². The van der Waals surface area contributed by atoms with Gasteiger partial charge in [0, 0.05) is 25.7 Å². The topological polar surface area (TPSA) is 75.7 Å². The highest BCUT2D eigenvalue weighted by molar-refractivity contribution is 7.89. The molecule has 0 unspecified atom stereocenters. The molecule has 0 saturated heterocycles. The molecule has 0 aromatic heterocycles. The highest BCUT2D eigenvalue weighted by Gasteiger charge is 2.21. The van der Waals surface area contributed by atoms with Gasteiger partial charge in [0.15, 0.2) is 0 Å². The third-order valence-corrected chi connectivity index (χ3v) is 5.33. The minimum absolute atomic E-state index is 0.0408. The van der Waals surface area contributed by atoms with Crippen LogP contribution in [0, 0.1) is 0 Å². The molecule has 0 fully saturated rings. The van der Waals surface area contributed by atoms with Gasteiger partial charge in [-0.25, -0.2) is 12.7 Å². The largest absolute Gasteiger partial charge is 0.496 e. The minimum atomic E-state index is -3.66. The molecule has 1 amide bonds. The third-order valence-electron chi connectivity index (χ3n) is 3.46. The van der Waals surface area contributed by atoms with Gasteiger partial charge in [-0.05, 0) is 24.3 Å². The van der Waals surface area contributed by atoms with Gasteiger partial charge in [-0.3, -0.25) is 4.79 Å². The Morgan fingerprint density at radius 1 is 1.08 bits per heavy atom. The Balaban J connectivity index is 2.23. The number of carbonyl (C=O) groups is 1. The van der Waals surface area contributed by atoms with Crippen LogP contribution in [0.2, 0.25) is 0 Å². The van der Waals surface area contributed by atoms with Gasteiger partial charge in [-0.2, -0.15) is 0 Å². The molecule has 132 valence electrons. The van der Waals surface area contributed by atoms with E-state index in [2.05, 4.69) is 5.32 Å². The number of nitrogens with one attached hydrogen (secondary N) is 1. The monoisotopic (exact) mass is 360 g/mol. The molecule has 0 saturated carbocycles. The van der Waals surface area contributed by atoms with Gasteiger partial charge >= 0.3 is 0 Å². The van der Waals surface area contributed by atoms with Gasteiger partial charge in [0.05, 0.1) is 12.8 Å². The molecule has 2 aromatic carbocycles. The highest BCUT2D eigenvalue weighted by atomic mass is 32.2. The van der Waals surface area contributed by atoms with Crippen molar-refractivity contribution in [3.63, 3.8) is 0 Å². The molecule has 2 aromatic rings. The Labute approximate surface area is 147 Å². The Morgan fingerprint density at radius 2 is 1.72 bits per heavy atom. The van der Waals surface area contributed by atoms with Crippen LogP contribution in [0.1, 0.15) is 5.56 Å². The van der Waals surface area contributed by atoms with E-state index in [0.717, 1.165) is 9.87 Å². The molecule has 25 heavy (non-hydrogen) atoms. The zero-order chi connectivity index (χ0) is 18.4. The van der Waals surface area contributed by atoms with Crippen LogP contribution in [0.15, 0.2) is 59.5 Å². The number of anilines is 1. The second-order valence-electron chi connectivity index (χ2n) is 5.35. The number of amides is 1. The van der Waals surface area contributed by atoms with E-state index < -0.39 is 15.9 Å². The molecule has 0 heterocycles. The van der Waals surface area contributed by atoms with Gasteiger partial charge in [0.25, 0.3) is 0 Å². The lowest BCUT2D eigenvalue weighted by Crippen LogP contribution is -2.24. The number of sulfonamides is 1. The van der Waals surface area contributed by atoms with Crippen molar-refractivity contribution < 1.29 is 17.9 Å². The van der Waals surface area contributed by atoms with Crippen LogP contribution in [0.4, 0.5) is 5.69 Å². The molecule has 7 heteroatoms. The minimum Gasteiger partial charge on any atom is -0.496 e. The smallest absolute Gasteiger partial charge is 0.248 e. The molecule has 0 bridgehead atoms. The van der Waals surface area contributed by atoms with Crippen molar-refractivity contribution in [2.75, 3.05) is 26.5 Å². The fourth-order valence-corrected chi connectivity index (χ4v) is 3.18. The van der Waals surface area contributed by atoms with Crippen molar-refractivity contribution in [2.45, 2.75) is 4.90 Å². The summed E-state index contributed by atoms with van der Waals surface area (Å²) in [6.45, 7) is 0. The van der Waals surface area contributed by atoms with E-state index in [1.54, 1.807) is 37.5 Å². The summed E-state index contributed by atoms with van der Waals surface area (Å²) >= 11 is 0. The quantitative estimate of drug-likeness (QED) is 0.804. The lowest BCUT2D eigenvalue weighted by molar-refractivity contribution is -0.111. The van der Waals surface area contributed by atoms with Crippen molar-refractivity contribution in [1.82, 2.24) is 4.31 Å². The Bertz CT molecular complexity index is 889. The average molecular weight is 360 g/mol. The van der Waals surface area contributed by atoms with Crippen molar-refractivity contribution in [3.8, 4) is 5.75 Å². The second-order valence-corrected chi connectivity index (χ2v) is 7.47. The van der Waals surface area contributed by atoms with Crippen molar-refractivity contribution in [2.24, 2.45) is 0 Å². The molecule has 2 rings (SSSR count). The first kappa shape index (κ1) is 18.7. The summed E-state index contributed by atoms with van der Waals surface area (Å²) in [5, 5.41) is 2.61. The first-order valence-corrected chi connectivity index (χ1v) is 8.94. The summed E-state index contributed by atoms with van der Waals surface area (Å²) < 4.78 is 31.0. The van der Waals surface area contributed by atoms with E-state index in [4.69, 9.17) is 4.74 Å². The van der Waals surface area contributed by atoms with E-state index in [1.807, 2.05) is 18.2 Å². The summed E-state index contributed by atoms with van der Waals surface area (Å²) in [5.41, 5.74) is 0.972. The lowest BCUT2D eigenvalue weighted by atomic mass is 10.2. The molecule has 0 radical (unpaired) electrons. The number of rotatable bonds is 6. The molecule has 0 aliphatic heterocycles. The molecule has 0 aliphatic carbocycles. The SMILES string of the molecule is COc1ccccc1/C=C/C(=O)Nc1ccccc1S(=O)(=O)N(C)C. The van der Waals surface area contributed by atoms with E-state index in [0.29, 0.717) is 5.75 Å². The van der Waals surface area contributed by atoms with Crippen LogP contribution < -0.4 is 10.1 Å². The van der Waals surface area contributed by atoms with Crippen molar-refractivity contribution >= 4 is 27.7 Å². The molecular weight excluding hydrogens is 340 g/mol. The van der Waals surface area contributed by atoms with E-state index in [-0.39, 0.29) is 10.6 Å². The van der Waals surface area contributed by atoms with Crippen molar-refractivity contribution in [3.05, 3.63) is 60.2 Å². The predicted octanol–water partition coefficient (Wildman–Crippen LogP) is 2.60. The van der Waals surface area contributed by atoms with Gasteiger partial charge in [0.2, 0.25) is 15.9 Å². The molecule has 0 spiro atoms. The second kappa shape index (κ2) is 7.96. The Kier molecular flexibility index (Phi) is 5.95. The van der Waals surface area contributed by atoms with Crippen LogP contribution in [0.5, 0.6) is 5.75 Å². The van der Waals surface area contributed by atoms with Crippen LogP contribution >= 0.6 is 0 Å². The maximum absolute atomic E-state index is 12.3. The van der Waals surface area contributed by atoms with Gasteiger partial charge in [-0.15, -0.1) is 0 Å². The third kappa shape index (κ3) is 4.46. The zero-order valence-corrected chi connectivity index (χ0v) is 15.1. The molecule has 1 N–H and O–H groups in total. The summed E-state index contributed by atoms with van der Waals surface area (Å²) in [5.74, 6) is 0.203.